The van der Waals surface area contributed by atoms with Crippen LogP contribution in [0.1, 0.15) is 36.8 Å². The molecule has 4 rings (SSSR count). The molecule has 4 heteroatoms. The molecule has 2 aromatic rings. The fraction of sp³-hybridized carbons (Fsp3) is 0.300. The first-order valence-corrected chi connectivity index (χ1v) is 8.71. The standard InChI is InChI=1S/C20H22N4/c1-3-11-17-15(7-1)9-5-13-19(21-17)23-24-20-14-6-10-16-8-2-4-12-18(16)22-20/h1-4,7-8,11-12H,5-6,9-10,13-14H2,(H,21,23)(H,22,24). The predicted molar refractivity (Wildman–Crippen MR) is 99.2 cm³/mol. The molecular weight excluding hydrogens is 296 g/mol. The molecule has 2 aliphatic heterocycles. The summed E-state index contributed by atoms with van der Waals surface area (Å²) in [4.78, 5) is 9.56. The molecule has 4 nitrogen and oxygen atoms in total. The van der Waals surface area contributed by atoms with E-state index < -0.39 is 0 Å². The third kappa shape index (κ3) is 3.32. The summed E-state index contributed by atoms with van der Waals surface area (Å²) in [6.07, 6.45) is 6.29. The Hall–Kier alpha value is -2.62. The van der Waals surface area contributed by atoms with Crippen molar-refractivity contribution in [2.75, 3.05) is 0 Å². The first-order valence-electron chi connectivity index (χ1n) is 8.71. The summed E-state index contributed by atoms with van der Waals surface area (Å²) < 4.78 is 0. The van der Waals surface area contributed by atoms with Gasteiger partial charge in [-0.3, -0.25) is 10.9 Å². The molecule has 0 spiro atoms. The Morgan fingerprint density at radius 2 is 1.04 bits per heavy atom. The average Bonchev–Trinajstić information content (AvgIpc) is 2.95. The van der Waals surface area contributed by atoms with Crippen LogP contribution >= 0.6 is 0 Å². The molecule has 0 amide bonds. The maximum absolute atomic E-state index is 4.78. The molecule has 0 unspecified atom stereocenters. The third-order valence-corrected chi connectivity index (χ3v) is 4.56. The summed E-state index contributed by atoms with van der Waals surface area (Å²) >= 11 is 0. The minimum atomic E-state index is 0.950. The molecule has 0 bridgehead atoms. The molecule has 0 atom stereocenters. The molecule has 2 heterocycles. The van der Waals surface area contributed by atoms with Gasteiger partial charge in [-0.15, -0.1) is 0 Å². The Morgan fingerprint density at radius 3 is 1.54 bits per heavy atom. The molecule has 0 aliphatic carbocycles. The molecule has 2 N–H and O–H groups in total. The number of para-hydroxylation sites is 2. The Labute approximate surface area is 142 Å². The van der Waals surface area contributed by atoms with Gasteiger partial charge >= 0.3 is 0 Å². The van der Waals surface area contributed by atoms with E-state index in [9.17, 15) is 0 Å². The van der Waals surface area contributed by atoms with Gasteiger partial charge < -0.3 is 0 Å². The van der Waals surface area contributed by atoms with E-state index in [-0.39, 0.29) is 0 Å². The second-order valence-electron chi connectivity index (χ2n) is 6.33. The minimum absolute atomic E-state index is 0.950. The number of rotatable bonds is 0. The Balaban J connectivity index is 1.49. The van der Waals surface area contributed by atoms with E-state index in [1.807, 2.05) is 12.1 Å². The van der Waals surface area contributed by atoms with Gasteiger partial charge in [0, 0.05) is 12.8 Å². The number of aliphatic imine (C=N–C) groups is 2. The zero-order valence-corrected chi connectivity index (χ0v) is 13.8. The molecular formula is C20H22N4. The van der Waals surface area contributed by atoms with E-state index >= 15 is 0 Å². The van der Waals surface area contributed by atoms with Gasteiger partial charge in [0.05, 0.1) is 11.4 Å². The second kappa shape index (κ2) is 6.87. The highest BCUT2D eigenvalue weighted by Gasteiger charge is 2.12. The van der Waals surface area contributed by atoms with Gasteiger partial charge in [-0.1, -0.05) is 36.4 Å². The molecule has 0 aromatic heterocycles. The summed E-state index contributed by atoms with van der Waals surface area (Å²) in [5.41, 5.74) is 11.4. The van der Waals surface area contributed by atoms with Crippen molar-refractivity contribution in [3.63, 3.8) is 0 Å². The van der Waals surface area contributed by atoms with E-state index in [2.05, 4.69) is 47.2 Å². The van der Waals surface area contributed by atoms with Gasteiger partial charge in [-0.25, -0.2) is 9.98 Å². The first-order chi connectivity index (χ1) is 11.9. The largest absolute Gasteiger partial charge is 0.287 e. The Morgan fingerprint density at radius 1 is 0.583 bits per heavy atom. The highest BCUT2D eigenvalue weighted by Crippen LogP contribution is 2.25. The number of nitrogens with one attached hydrogen (secondary N) is 2. The Bertz CT molecular complexity index is 724. The number of hydrogen-bond donors (Lipinski definition) is 2. The average molecular weight is 318 g/mol. The third-order valence-electron chi connectivity index (χ3n) is 4.56. The summed E-state index contributed by atoms with van der Waals surface area (Å²) in [5, 5.41) is 0. The fourth-order valence-electron chi connectivity index (χ4n) is 3.28. The number of amidine groups is 2. The molecule has 2 aromatic carbocycles. The van der Waals surface area contributed by atoms with E-state index in [0.717, 1.165) is 61.6 Å². The van der Waals surface area contributed by atoms with Gasteiger partial charge in [0.25, 0.3) is 0 Å². The molecule has 122 valence electrons. The highest BCUT2D eigenvalue weighted by molar-refractivity contribution is 5.91. The lowest BCUT2D eigenvalue weighted by atomic mass is 10.1. The number of nitrogens with zero attached hydrogens (tertiary/aromatic N) is 2. The van der Waals surface area contributed by atoms with Crippen LogP contribution in [0.4, 0.5) is 11.4 Å². The lowest BCUT2D eigenvalue weighted by molar-refractivity contribution is 0.773. The predicted octanol–water partition coefficient (Wildman–Crippen LogP) is 4.21. The van der Waals surface area contributed by atoms with Crippen LogP contribution in [0.3, 0.4) is 0 Å². The zero-order valence-electron chi connectivity index (χ0n) is 13.8. The Kier molecular flexibility index (Phi) is 4.28. The highest BCUT2D eigenvalue weighted by atomic mass is 15.4. The van der Waals surface area contributed by atoms with Crippen LogP contribution in [-0.4, -0.2) is 11.7 Å². The van der Waals surface area contributed by atoms with Crippen molar-refractivity contribution in [3.8, 4) is 0 Å². The van der Waals surface area contributed by atoms with Crippen molar-refractivity contribution in [2.45, 2.75) is 38.5 Å². The summed E-state index contributed by atoms with van der Waals surface area (Å²) in [5.74, 6) is 1.97. The monoisotopic (exact) mass is 318 g/mol. The molecule has 0 saturated heterocycles. The van der Waals surface area contributed by atoms with Crippen molar-refractivity contribution in [3.05, 3.63) is 59.7 Å². The number of aryl methyl sites for hydroxylation is 2. The zero-order chi connectivity index (χ0) is 16.2. The van der Waals surface area contributed by atoms with Crippen LogP contribution in [0.2, 0.25) is 0 Å². The molecule has 24 heavy (non-hydrogen) atoms. The van der Waals surface area contributed by atoms with Crippen molar-refractivity contribution in [2.24, 2.45) is 9.98 Å². The van der Waals surface area contributed by atoms with Crippen molar-refractivity contribution < 1.29 is 0 Å². The van der Waals surface area contributed by atoms with Crippen molar-refractivity contribution >= 4 is 23.0 Å². The molecule has 0 fully saturated rings. The second-order valence-corrected chi connectivity index (χ2v) is 6.33. The van der Waals surface area contributed by atoms with Gasteiger partial charge in [-0.2, -0.15) is 0 Å². The van der Waals surface area contributed by atoms with Gasteiger partial charge in [0.2, 0.25) is 0 Å². The van der Waals surface area contributed by atoms with E-state index in [1.165, 1.54) is 11.1 Å². The van der Waals surface area contributed by atoms with Crippen LogP contribution in [0.25, 0.3) is 0 Å². The van der Waals surface area contributed by atoms with Gasteiger partial charge in [-0.05, 0) is 48.9 Å². The van der Waals surface area contributed by atoms with Gasteiger partial charge in [0.1, 0.15) is 11.7 Å². The SMILES string of the molecule is c1ccc2c(c1)CCCC(NNC1=Nc3ccccc3CCC1)=N2. The van der Waals surface area contributed by atoms with Crippen LogP contribution in [-0.2, 0) is 12.8 Å². The molecule has 0 radical (unpaired) electrons. The fourth-order valence-corrected chi connectivity index (χ4v) is 3.28. The number of hydrazine groups is 1. The summed E-state index contributed by atoms with van der Waals surface area (Å²) in [7, 11) is 0. The van der Waals surface area contributed by atoms with E-state index in [1.54, 1.807) is 0 Å². The lowest BCUT2D eigenvalue weighted by Crippen LogP contribution is -2.41. The number of fused-ring (bicyclic) bond motifs is 2. The van der Waals surface area contributed by atoms with Crippen LogP contribution in [0, 0.1) is 0 Å². The van der Waals surface area contributed by atoms with Gasteiger partial charge in [0.15, 0.2) is 0 Å². The van der Waals surface area contributed by atoms with Crippen LogP contribution in [0.5, 0.6) is 0 Å². The normalized spacial score (nSPS) is 16.7. The maximum Gasteiger partial charge on any atom is 0.121 e. The number of benzene rings is 2. The number of hydrogen-bond acceptors (Lipinski definition) is 4. The molecule has 0 saturated carbocycles. The summed E-state index contributed by atoms with van der Waals surface area (Å²) in [6, 6.07) is 16.8. The van der Waals surface area contributed by atoms with E-state index in [0.29, 0.717) is 0 Å². The smallest absolute Gasteiger partial charge is 0.121 e. The van der Waals surface area contributed by atoms with E-state index in [4.69, 9.17) is 9.98 Å². The summed E-state index contributed by atoms with van der Waals surface area (Å²) in [6.45, 7) is 0. The lowest BCUT2D eigenvalue weighted by Gasteiger charge is -2.12. The van der Waals surface area contributed by atoms with Crippen LogP contribution < -0.4 is 10.9 Å². The van der Waals surface area contributed by atoms with Crippen molar-refractivity contribution in [1.82, 2.24) is 10.9 Å². The minimum Gasteiger partial charge on any atom is -0.287 e. The quantitative estimate of drug-likeness (QED) is 0.715. The van der Waals surface area contributed by atoms with Crippen LogP contribution in [0.15, 0.2) is 58.5 Å². The maximum atomic E-state index is 4.78. The first kappa shape index (κ1) is 14.9. The van der Waals surface area contributed by atoms with Crippen molar-refractivity contribution in [1.29, 1.82) is 0 Å². The topological polar surface area (TPSA) is 48.8 Å². The molecule has 2 aliphatic rings.